The largest absolute Gasteiger partial charge is 0.383 e. The average molecular weight is 262 g/mol. The summed E-state index contributed by atoms with van der Waals surface area (Å²) in [4.78, 5) is 12.2. The molecule has 1 aromatic carbocycles. The highest BCUT2D eigenvalue weighted by Crippen LogP contribution is 2.25. The van der Waals surface area contributed by atoms with E-state index in [0.717, 1.165) is 19.3 Å². The van der Waals surface area contributed by atoms with Gasteiger partial charge in [-0.1, -0.05) is 24.3 Å². The number of amides is 1. The lowest BCUT2D eigenvalue weighted by Crippen LogP contribution is -2.46. The maximum absolute atomic E-state index is 12.2. The van der Waals surface area contributed by atoms with Crippen molar-refractivity contribution in [1.29, 1.82) is 0 Å². The number of hydrogen-bond donors (Lipinski definition) is 2. The van der Waals surface area contributed by atoms with E-state index in [1.54, 1.807) is 7.11 Å². The normalized spacial score (nSPS) is 19.6. The summed E-state index contributed by atoms with van der Waals surface area (Å²) in [5, 5.41) is 2.98. The molecule has 0 radical (unpaired) electrons. The van der Waals surface area contributed by atoms with E-state index in [4.69, 9.17) is 10.5 Å². The first-order valence-corrected chi connectivity index (χ1v) is 6.80. The Kier molecular flexibility index (Phi) is 4.93. The van der Waals surface area contributed by atoms with Crippen molar-refractivity contribution in [2.75, 3.05) is 20.3 Å². The monoisotopic (exact) mass is 262 g/mol. The molecule has 2 unspecified atom stereocenters. The van der Waals surface area contributed by atoms with Crippen LogP contribution in [0.25, 0.3) is 0 Å². The number of methoxy groups -OCH3 is 1. The SMILES string of the molecule is COCC(CN)NC(=O)C1CCc2ccccc2C1. The van der Waals surface area contributed by atoms with Gasteiger partial charge in [-0.2, -0.15) is 0 Å². The number of carbonyl (C=O) groups excluding carboxylic acids is 1. The average Bonchev–Trinajstić information content (AvgIpc) is 2.46. The van der Waals surface area contributed by atoms with Crippen LogP contribution in [0.4, 0.5) is 0 Å². The summed E-state index contributed by atoms with van der Waals surface area (Å²) >= 11 is 0. The van der Waals surface area contributed by atoms with Gasteiger partial charge in [-0.15, -0.1) is 0 Å². The Morgan fingerprint density at radius 3 is 2.89 bits per heavy atom. The summed E-state index contributed by atoms with van der Waals surface area (Å²) in [6.45, 7) is 0.869. The molecule has 2 rings (SSSR count). The van der Waals surface area contributed by atoms with Crippen LogP contribution in [0.5, 0.6) is 0 Å². The predicted octanol–water partition coefficient (Wildman–Crippen LogP) is 0.881. The minimum absolute atomic E-state index is 0.0563. The van der Waals surface area contributed by atoms with Crippen molar-refractivity contribution < 1.29 is 9.53 Å². The molecule has 4 heteroatoms. The van der Waals surface area contributed by atoms with Crippen molar-refractivity contribution in [3.63, 3.8) is 0 Å². The molecule has 0 aromatic heterocycles. The Morgan fingerprint density at radius 2 is 2.21 bits per heavy atom. The fourth-order valence-corrected chi connectivity index (χ4v) is 2.61. The molecule has 0 bridgehead atoms. The third-order valence-corrected chi connectivity index (χ3v) is 3.72. The first kappa shape index (κ1) is 14.0. The van der Waals surface area contributed by atoms with Gasteiger partial charge in [-0.25, -0.2) is 0 Å². The first-order chi connectivity index (χ1) is 9.24. The van der Waals surface area contributed by atoms with Crippen LogP contribution >= 0.6 is 0 Å². The van der Waals surface area contributed by atoms with Gasteiger partial charge in [0.1, 0.15) is 0 Å². The van der Waals surface area contributed by atoms with Gasteiger partial charge in [0, 0.05) is 19.6 Å². The lowest BCUT2D eigenvalue weighted by atomic mass is 9.83. The van der Waals surface area contributed by atoms with Crippen molar-refractivity contribution in [2.45, 2.75) is 25.3 Å². The summed E-state index contributed by atoms with van der Waals surface area (Å²) in [5.41, 5.74) is 8.29. The summed E-state index contributed by atoms with van der Waals surface area (Å²) in [7, 11) is 1.62. The fraction of sp³-hybridized carbons (Fsp3) is 0.533. The van der Waals surface area contributed by atoms with Crippen molar-refractivity contribution in [3.05, 3.63) is 35.4 Å². The van der Waals surface area contributed by atoms with Crippen LogP contribution in [0.15, 0.2) is 24.3 Å². The Labute approximate surface area is 114 Å². The summed E-state index contributed by atoms with van der Waals surface area (Å²) in [5.74, 6) is 0.155. The molecule has 3 N–H and O–H groups in total. The van der Waals surface area contributed by atoms with E-state index in [9.17, 15) is 4.79 Å². The highest BCUT2D eigenvalue weighted by molar-refractivity contribution is 5.79. The van der Waals surface area contributed by atoms with Crippen molar-refractivity contribution in [2.24, 2.45) is 11.7 Å². The maximum Gasteiger partial charge on any atom is 0.223 e. The molecule has 0 saturated carbocycles. The van der Waals surface area contributed by atoms with Crippen LogP contribution < -0.4 is 11.1 Å². The Hall–Kier alpha value is -1.39. The van der Waals surface area contributed by atoms with Gasteiger partial charge in [0.05, 0.1) is 12.6 Å². The number of nitrogens with two attached hydrogens (primary N) is 1. The van der Waals surface area contributed by atoms with Crippen LogP contribution in [-0.2, 0) is 22.4 Å². The number of aryl methyl sites for hydroxylation is 1. The van der Waals surface area contributed by atoms with E-state index in [0.29, 0.717) is 13.2 Å². The first-order valence-electron chi connectivity index (χ1n) is 6.80. The Morgan fingerprint density at radius 1 is 1.47 bits per heavy atom. The zero-order valence-corrected chi connectivity index (χ0v) is 11.4. The molecule has 0 aliphatic heterocycles. The standard InChI is InChI=1S/C15H22N2O2/c1-19-10-14(9-16)17-15(18)13-7-6-11-4-2-3-5-12(11)8-13/h2-5,13-14H,6-10,16H2,1H3,(H,17,18). The Balaban J connectivity index is 1.95. The number of fused-ring (bicyclic) bond motifs is 1. The molecule has 0 spiro atoms. The highest BCUT2D eigenvalue weighted by atomic mass is 16.5. The molecule has 1 aliphatic carbocycles. The van der Waals surface area contributed by atoms with Crippen LogP contribution in [0.3, 0.4) is 0 Å². The van der Waals surface area contributed by atoms with Gasteiger partial charge in [0.25, 0.3) is 0 Å². The molecule has 1 aromatic rings. The molecular formula is C15H22N2O2. The van der Waals surface area contributed by atoms with E-state index >= 15 is 0 Å². The van der Waals surface area contributed by atoms with E-state index in [-0.39, 0.29) is 17.9 Å². The zero-order valence-electron chi connectivity index (χ0n) is 11.4. The summed E-state index contributed by atoms with van der Waals surface area (Å²) in [6, 6.07) is 8.27. The molecule has 4 nitrogen and oxygen atoms in total. The number of ether oxygens (including phenoxy) is 1. The maximum atomic E-state index is 12.2. The van der Waals surface area contributed by atoms with E-state index in [2.05, 4.69) is 23.5 Å². The number of carbonyl (C=O) groups is 1. The van der Waals surface area contributed by atoms with E-state index < -0.39 is 0 Å². The molecular weight excluding hydrogens is 240 g/mol. The number of rotatable bonds is 5. The fourth-order valence-electron chi connectivity index (χ4n) is 2.61. The Bertz CT molecular complexity index is 434. The highest BCUT2D eigenvalue weighted by Gasteiger charge is 2.25. The molecule has 0 heterocycles. The minimum atomic E-state index is -0.0883. The molecule has 1 amide bonds. The second-order valence-electron chi connectivity index (χ2n) is 5.10. The van der Waals surface area contributed by atoms with Crippen LogP contribution in [-0.4, -0.2) is 32.2 Å². The zero-order chi connectivity index (χ0) is 13.7. The minimum Gasteiger partial charge on any atom is -0.383 e. The molecule has 2 atom stereocenters. The van der Waals surface area contributed by atoms with Gasteiger partial charge in [-0.05, 0) is 30.4 Å². The van der Waals surface area contributed by atoms with Crippen LogP contribution in [0.1, 0.15) is 17.5 Å². The number of nitrogens with one attached hydrogen (secondary N) is 1. The predicted molar refractivity (Wildman–Crippen MR) is 74.8 cm³/mol. The van der Waals surface area contributed by atoms with Crippen molar-refractivity contribution >= 4 is 5.91 Å². The molecule has 0 fully saturated rings. The molecule has 0 saturated heterocycles. The third-order valence-electron chi connectivity index (χ3n) is 3.72. The molecule has 104 valence electrons. The van der Waals surface area contributed by atoms with Gasteiger partial charge in [0.15, 0.2) is 0 Å². The number of hydrogen-bond acceptors (Lipinski definition) is 3. The lowest BCUT2D eigenvalue weighted by molar-refractivity contribution is -0.126. The second kappa shape index (κ2) is 6.68. The van der Waals surface area contributed by atoms with Gasteiger partial charge < -0.3 is 15.8 Å². The van der Waals surface area contributed by atoms with Gasteiger partial charge in [0.2, 0.25) is 5.91 Å². The van der Waals surface area contributed by atoms with E-state index in [1.165, 1.54) is 11.1 Å². The molecule has 19 heavy (non-hydrogen) atoms. The van der Waals surface area contributed by atoms with Crippen LogP contribution in [0.2, 0.25) is 0 Å². The van der Waals surface area contributed by atoms with Crippen LogP contribution in [0, 0.1) is 5.92 Å². The van der Waals surface area contributed by atoms with E-state index in [1.807, 2.05) is 6.07 Å². The topological polar surface area (TPSA) is 64.3 Å². The van der Waals surface area contributed by atoms with Crippen molar-refractivity contribution in [3.8, 4) is 0 Å². The van der Waals surface area contributed by atoms with Gasteiger partial charge in [-0.3, -0.25) is 4.79 Å². The molecule has 1 aliphatic rings. The smallest absolute Gasteiger partial charge is 0.223 e. The third kappa shape index (κ3) is 3.55. The number of benzene rings is 1. The summed E-state index contributed by atoms with van der Waals surface area (Å²) < 4.78 is 5.04. The van der Waals surface area contributed by atoms with Crippen molar-refractivity contribution in [1.82, 2.24) is 5.32 Å². The quantitative estimate of drug-likeness (QED) is 0.828. The lowest BCUT2D eigenvalue weighted by Gasteiger charge is -2.26. The second-order valence-corrected chi connectivity index (χ2v) is 5.10. The summed E-state index contributed by atoms with van der Waals surface area (Å²) in [6.07, 6.45) is 2.71. The van der Waals surface area contributed by atoms with Gasteiger partial charge >= 0.3 is 0 Å².